The Hall–Kier alpha value is -3.98. The van der Waals surface area contributed by atoms with Crippen molar-refractivity contribution in [3.8, 4) is 17.0 Å². The van der Waals surface area contributed by atoms with Gasteiger partial charge in [-0.15, -0.1) is 0 Å². The molecular weight excluding hydrogens is 500 g/mol. The number of hydrogen-bond acceptors (Lipinski definition) is 5. The molecule has 1 N–H and O–H groups in total. The highest BCUT2D eigenvalue weighted by atomic mass is 79.9. The van der Waals surface area contributed by atoms with Crippen molar-refractivity contribution in [2.45, 2.75) is 13.0 Å². The van der Waals surface area contributed by atoms with Gasteiger partial charge in [-0.25, -0.2) is 0 Å². The van der Waals surface area contributed by atoms with Gasteiger partial charge in [-0.3, -0.25) is 24.9 Å². The Morgan fingerprint density at radius 3 is 2.35 bits per heavy atom. The lowest BCUT2D eigenvalue weighted by molar-refractivity contribution is -0.384. The minimum absolute atomic E-state index is 0.0116. The first-order valence-electron chi connectivity index (χ1n) is 10.6. The lowest BCUT2D eigenvalue weighted by Gasteiger charge is -2.26. The fourth-order valence-electron chi connectivity index (χ4n) is 4.20. The fourth-order valence-corrected chi connectivity index (χ4v) is 4.47. The van der Waals surface area contributed by atoms with Crippen molar-refractivity contribution in [1.82, 2.24) is 10.2 Å². The molecule has 1 atom stereocenters. The quantitative estimate of drug-likeness (QED) is 0.253. The van der Waals surface area contributed by atoms with Crippen molar-refractivity contribution < 1.29 is 14.5 Å². The summed E-state index contributed by atoms with van der Waals surface area (Å²) in [5.41, 5.74) is 4.05. The summed E-state index contributed by atoms with van der Waals surface area (Å²) in [5.74, 6) is 0.531. The van der Waals surface area contributed by atoms with E-state index >= 15 is 0 Å². The van der Waals surface area contributed by atoms with Gasteiger partial charge in [0.1, 0.15) is 11.4 Å². The van der Waals surface area contributed by atoms with Gasteiger partial charge in [-0.1, -0.05) is 15.9 Å². The number of nitrogens with one attached hydrogen (secondary N) is 1. The van der Waals surface area contributed by atoms with Gasteiger partial charge in [-0.2, -0.15) is 5.10 Å². The van der Waals surface area contributed by atoms with Crippen molar-refractivity contribution in [2.24, 2.45) is 0 Å². The van der Waals surface area contributed by atoms with Crippen LogP contribution in [0.4, 0.5) is 11.4 Å². The van der Waals surface area contributed by atoms with Crippen LogP contribution >= 0.6 is 15.9 Å². The monoisotopic (exact) mass is 518 g/mol. The molecule has 0 saturated heterocycles. The predicted molar refractivity (Wildman–Crippen MR) is 131 cm³/mol. The van der Waals surface area contributed by atoms with Crippen LogP contribution in [0.1, 0.15) is 34.6 Å². The van der Waals surface area contributed by atoms with Crippen molar-refractivity contribution in [3.05, 3.63) is 104 Å². The van der Waals surface area contributed by atoms with Crippen LogP contribution in [-0.2, 0) is 0 Å². The van der Waals surface area contributed by atoms with Gasteiger partial charge in [0.15, 0.2) is 0 Å². The van der Waals surface area contributed by atoms with Crippen LogP contribution < -0.4 is 9.64 Å². The van der Waals surface area contributed by atoms with Crippen LogP contribution in [-0.4, -0.2) is 27.6 Å². The molecule has 1 aromatic heterocycles. The van der Waals surface area contributed by atoms with Crippen LogP contribution in [0.2, 0.25) is 0 Å². The molecule has 0 unspecified atom stereocenters. The maximum atomic E-state index is 13.5. The number of rotatable bonds is 6. The molecule has 0 radical (unpaired) electrons. The SMILES string of the molecule is CCOc1ccc(-c2n[nH]c3c2[C@H](c2ccc([N+](=O)[O-])cc2)N(c2ccc(Br)cc2)C3=O)cc1. The van der Waals surface area contributed by atoms with E-state index in [9.17, 15) is 14.9 Å². The molecule has 8 nitrogen and oxygen atoms in total. The third-order valence-corrected chi connectivity index (χ3v) is 6.26. The van der Waals surface area contributed by atoms with Crippen LogP contribution in [0, 0.1) is 10.1 Å². The van der Waals surface area contributed by atoms with Crippen molar-refractivity contribution in [1.29, 1.82) is 0 Å². The zero-order valence-electron chi connectivity index (χ0n) is 18.1. The van der Waals surface area contributed by atoms with Crippen LogP contribution in [0.5, 0.6) is 5.75 Å². The molecule has 9 heteroatoms. The van der Waals surface area contributed by atoms with Crippen molar-refractivity contribution >= 4 is 33.2 Å². The molecule has 4 aromatic rings. The number of amides is 1. The minimum Gasteiger partial charge on any atom is -0.494 e. The number of hydrogen-bond donors (Lipinski definition) is 1. The Balaban J connectivity index is 1.65. The lowest BCUT2D eigenvalue weighted by Crippen LogP contribution is -2.29. The third-order valence-electron chi connectivity index (χ3n) is 5.73. The van der Waals surface area contributed by atoms with E-state index in [4.69, 9.17) is 4.74 Å². The van der Waals surface area contributed by atoms with Gasteiger partial charge in [-0.05, 0) is 73.2 Å². The number of carbonyl (C=O) groups excluding carboxylic acids is 1. The number of non-ortho nitro benzene ring substituents is 1. The van der Waals surface area contributed by atoms with E-state index in [-0.39, 0.29) is 11.6 Å². The largest absolute Gasteiger partial charge is 0.494 e. The summed E-state index contributed by atoms with van der Waals surface area (Å²) in [5, 5.41) is 18.6. The standard InChI is InChI=1S/C25H19BrN4O4/c1-2-34-20-13-5-15(6-14-20)22-21-23(28-27-22)25(31)29(18-11-7-17(26)8-12-18)24(21)16-3-9-19(10-4-16)30(32)33/h3-14,24H,2H2,1H3,(H,27,28)/t24-/m0/s1. The van der Waals surface area contributed by atoms with Gasteiger partial charge >= 0.3 is 0 Å². The predicted octanol–water partition coefficient (Wildman–Crippen LogP) is 5.90. The molecule has 0 aliphatic carbocycles. The van der Waals surface area contributed by atoms with E-state index in [0.29, 0.717) is 23.7 Å². The molecule has 5 rings (SSSR count). The first kappa shape index (κ1) is 21.8. The molecule has 0 saturated carbocycles. The Morgan fingerprint density at radius 1 is 1.06 bits per heavy atom. The van der Waals surface area contributed by atoms with Gasteiger partial charge in [0.05, 0.1) is 23.3 Å². The van der Waals surface area contributed by atoms with Gasteiger partial charge < -0.3 is 4.74 Å². The second-order valence-electron chi connectivity index (χ2n) is 7.72. The summed E-state index contributed by atoms with van der Waals surface area (Å²) in [6.45, 7) is 2.49. The number of H-pyrrole nitrogens is 1. The number of aromatic amines is 1. The molecule has 1 aliphatic heterocycles. The van der Waals surface area contributed by atoms with E-state index < -0.39 is 11.0 Å². The summed E-state index contributed by atoms with van der Waals surface area (Å²) >= 11 is 3.44. The molecule has 1 aliphatic rings. The molecule has 0 bridgehead atoms. The van der Waals surface area contributed by atoms with Crippen LogP contribution in [0.3, 0.4) is 0 Å². The first-order chi connectivity index (χ1) is 16.5. The molecule has 1 amide bonds. The number of nitro groups is 1. The maximum Gasteiger partial charge on any atom is 0.277 e. The van der Waals surface area contributed by atoms with Crippen molar-refractivity contribution in [2.75, 3.05) is 11.5 Å². The van der Waals surface area contributed by atoms with Crippen molar-refractivity contribution in [3.63, 3.8) is 0 Å². The number of ether oxygens (including phenoxy) is 1. The highest BCUT2D eigenvalue weighted by molar-refractivity contribution is 9.10. The highest BCUT2D eigenvalue weighted by Gasteiger charge is 2.43. The molecule has 170 valence electrons. The Kier molecular flexibility index (Phi) is 5.62. The number of anilines is 1. The summed E-state index contributed by atoms with van der Waals surface area (Å²) in [4.78, 5) is 26.0. The molecule has 34 heavy (non-hydrogen) atoms. The number of carbonyl (C=O) groups is 1. The van der Waals surface area contributed by atoms with E-state index in [1.807, 2.05) is 55.5 Å². The minimum atomic E-state index is -0.509. The van der Waals surface area contributed by atoms with Crippen LogP contribution in [0.25, 0.3) is 11.3 Å². The maximum absolute atomic E-state index is 13.5. The number of nitrogens with zero attached hydrogens (tertiary/aromatic N) is 3. The Labute approximate surface area is 203 Å². The number of nitro benzene ring substituents is 1. The number of halogens is 1. The van der Waals surface area contributed by atoms with Gasteiger partial charge in [0, 0.05) is 33.4 Å². The Bertz CT molecular complexity index is 1370. The number of fused-ring (bicyclic) bond motifs is 1. The molecule has 0 fully saturated rings. The van der Waals surface area contributed by atoms with E-state index in [2.05, 4.69) is 26.1 Å². The second-order valence-corrected chi connectivity index (χ2v) is 8.64. The third kappa shape index (κ3) is 3.73. The van der Waals surface area contributed by atoms with Crippen LogP contribution in [0.15, 0.2) is 77.3 Å². The first-order valence-corrected chi connectivity index (χ1v) is 11.4. The lowest BCUT2D eigenvalue weighted by atomic mass is 9.95. The smallest absolute Gasteiger partial charge is 0.277 e. The molecular formula is C25H19BrN4O4. The second kappa shape index (κ2) is 8.75. The van der Waals surface area contributed by atoms with E-state index in [1.54, 1.807) is 17.0 Å². The fraction of sp³-hybridized carbons (Fsp3) is 0.120. The highest BCUT2D eigenvalue weighted by Crippen LogP contribution is 2.45. The Morgan fingerprint density at radius 2 is 1.74 bits per heavy atom. The number of aromatic nitrogens is 2. The average molecular weight is 519 g/mol. The topological polar surface area (TPSA) is 101 Å². The molecule has 2 heterocycles. The zero-order valence-corrected chi connectivity index (χ0v) is 19.7. The zero-order chi connectivity index (χ0) is 23.8. The average Bonchev–Trinajstić information content (AvgIpc) is 3.39. The summed E-state index contributed by atoms with van der Waals surface area (Å²) in [7, 11) is 0. The van der Waals surface area contributed by atoms with Gasteiger partial charge in [0.2, 0.25) is 0 Å². The van der Waals surface area contributed by atoms with Gasteiger partial charge in [0.25, 0.3) is 11.6 Å². The molecule has 3 aromatic carbocycles. The summed E-state index contributed by atoms with van der Waals surface area (Å²) < 4.78 is 6.44. The van der Waals surface area contributed by atoms with E-state index in [1.165, 1.54) is 12.1 Å². The summed E-state index contributed by atoms with van der Waals surface area (Å²) in [6.07, 6.45) is 0. The van der Waals surface area contributed by atoms with E-state index in [0.717, 1.165) is 26.9 Å². The number of benzene rings is 3. The normalized spacial score (nSPS) is 14.8. The molecule has 0 spiro atoms. The summed E-state index contributed by atoms with van der Waals surface area (Å²) in [6, 6.07) is 20.8.